The summed E-state index contributed by atoms with van der Waals surface area (Å²) >= 11 is 0. The van der Waals surface area contributed by atoms with Gasteiger partial charge in [0.1, 0.15) is 6.04 Å². The average Bonchev–Trinajstić information content (AvgIpc) is 3.62. The van der Waals surface area contributed by atoms with E-state index in [4.69, 9.17) is 22.9 Å². The number of carbonyl (C=O) groups is 8. The van der Waals surface area contributed by atoms with Gasteiger partial charge >= 0.3 is 0 Å². The lowest BCUT2D eigenvalue weighted by atomic mass is 9.90. The molecule has 1 saturated heterocycles. The summed E-state index contributed by atoms with van der Waals surface area (Å²) < 4.78 is 0. The van der Waals surface area contributed by atoms with Gasteiger partial charge in [0, 0.05) is 39.7 Å². The van der Waals surface area contributed by atoms with Gasteiger partial charge in [0.2, 0.25) is 29.5 Å². The van der Waals surface area contributed by atoms with Crippen molar-refractivity contribution in [1.82, 2.24) is 26.2 Å². The molecule has 55 heavy (non-hydrogen) atoms. The van der Waals surface area contributed by atoms with Crippen LogP contribution >= 0.6 is 0 Å². The van der Waals surface area contributed by atoms with Crippen LogP contribution in [0.2, 0.25) is 0 Å². The van der Waals surface area contributed by atoms with Crippen molar-refractivity contribution in [2.75, 3.05) is 32.7 Å². The van der Waals surface area contributed by atoms with Crippen LogP contribution in [0.25, 0.3) is 0 Å². The van der Waals surface area contributed by atoms with Crippen molar-refractivity contribution in [2.24, 2.45) is 45.7 Å². The van der Waals surface area contributed by atoms with Gasteiger partial charge in [-0.3, -0.25) is 43.3 Å². The minimum Gasteiger partial charge on any atom is -0.370 e. The molecule has 18 heteroatoms. The number of nitrogens with zero attached hydrogens (tertiary/aromatic N) is 2. The van der Waals surface area contributed by atoms with E-state index in [-0.39, 0.29) is 75.5 Å². The molecule has 0 radical (unpaired) electrons. The number of unbranched alkanes of at least 4 members (excludes halogenated alkanes) is 1. The molecule has 1 fully saturated rings. The van der Waals surface area contributed by atoms with Crippen LogP contribution in [0.5, 0.6) is 0 Å². The molecule has 12 N–H and O–H groups in total. The van der Waals surface area contributed by atoms with Gasteiger partial charge in [0.05, 0.1) is 31.2 Å². The molecular formula is C37H68N10O8. The lowest BCUT2D eigenvalue weighted by Crippen LogP contribution is -2.52. The number of guanidine groups is 1. The molecule has 0 aromatic heterocycles. The molecule has 0 aromatic rings. The largest absolute Gasteiger partial charge is 0.370 e. The van der Waals surface area contributed by atoms with Crippen molar-refractivity contribution in [1.29, 1.82) is 0 Å². The summed E-state index contributed by atoms with van der Waals surface area (Å²) in [5, 5.41) is 10.7. The van der Waals surface area contributed by atoms with E-state index in [0.717, 1.165) is 0 Å². The second-order valence-corrected chi connectivity index (χ2v) is 14.9. The Morgan fingerprint density at radius 3 is 2.11 bits per heavy atom. The van der Waals surface area contributed by atoms with Gasteiger partial charge in [-0.15, -0.1) is 0 Å². The van der Waals surface area contributed by atoms with E-state index >= 15 is 0 Å². The van der Waals surface area contributed by atoms with Crippen LogP contribution in [0.4, 0.5) is 0 Å². The maximum atomic E-state index is 13.6. The minimum atomic E-state index is -0.983. The number of hydrogen-bond acceptors (Lipinski definition) is 11. The van der Waals surface area contributed by atoms with Crippen LogP contribution in [-0.2, 0) is 38.4 Å². The Kier molecular flexibility index (Phi) is 22.6. The van der Waals surface area contributed by atoms with Crippen molar-refractivity contribution in [3.63, 3.8) is 0 Å². The van der Waals surface area contributed by atoms with Crippen molar-refractivity contribution in [2.45, 2.75) is 129 Å². The third-order valence-corrected chi connectivity index (χ3v) is 9.41. The predicted molar refractivity (Wildman–Crippen MR) is 210 cm³/mol. The summed E-state index contributed by atoms with van der Waals surface area (Å²) in [7, 11) is 0. The number of aliphatic imine (C=N–C) groups is 1. The number of ketones is 3. The Morgan fingerprint density at radius 1 is 0.836 bits per heavy atom. The van der Waals surface area contributed by atoms with Crippen LogP contribution in [0.3, 0.4) is 0 Å². The van der Waals surface area contributed by atoms with Crippen LogP contribution in [-0.4, -0.2) is 115 Å². The first-order valence-electron chi connectivity index (χ1n) is 19.4. The fourth-order valence-electron chi connectivity index (χ4n) is 6.41. The Balaban J connectivity index is 0.0000302. The maximum Gasteiger partial charge on any atom is 0.243 e. The van der Waals surface area contributed by atoms with E-state index in [1.54, 1.807) is 13.8 Å². The molecule has 18 nitrogen and oxygen atoms in total. The zero-order chi connectivity index (χ0) is 41.7. The molecule has 1 rings (SSSR count). The maximum absolute atomic E-state index is 13.6. The summed E-state index contributed by atoms with van der Waals surface area (Å²) in [6.07, 6.45) is 3.02. The Labute approximate surface area is 326 Å². The average molecular weight is 784 g/mol. The van der Waals surface area contributed by atoms with Crippen molar-refractivity contribution < 1.29 is 39.8 Å². The lowest BCUT2D eigenvalue weighted by molar-refractivity contribution is -0.138. The number of Topliss-reactive ketones (excluding diaryl/α,β-unsaturated/α-hetero) is 3. The lowest BCUT2D eigenvalue weighted by Gasteiger charge is -2.27. The number of nitrogens with one attached hydrogen (secondary N) is 4. The van der Waals surface area contributed by atoms with E-state index in [9.17, 15) is 38.4 Å². The van der Waals surface area contributed by atoms with E-state index in [1.165, 1.54) is 11.8 Å². The molecule has 0 aliphatic carbocycles. The third kappa shape index (κ3) is 18.6. The van der Waals surface area contributed by atoms with Gasteiger partial charge in [-0.25, -0.2) is 0 Å². The Morgan fingerprint density at radius 2 is 1.53 bits per heavy atom. The monoisotopic (exact) mass is 784 g/mol. The SMILES string of the molecule is CC(=O)C(CCCCN)NC(=O)CNC(=O)C(CCCN=C(N)N)CC(=O)C([15NH][13C](=O)[13CH2]CC(=O)C(CC(C)C)NC(=O)C1CCCN1C(=O)CN)C(C)C.[HH]. The van der Waals surface area contributed by atoms with Crippen LogP contribution in [0, 0.1) is 17.8 Å². The summed E-state index contributed by atoms with van der Waals surface area (Å²) in [6.45, 7) is 9.07. The normalized spacial score (nSPS) is 16.1. The molecule has 5 amide bonds. The third-order valence-electron chi connectivity index (χ3n) is 9.41. The molecule has 1 heterocycles. The van der Waals surface area contributed by atoms with Crippen LogP contribution < -0.4 is 44.2 Å². The molecular weight excluding hydrogens is 715 g/mol. The second-order valence-electron chi connectivity index (χ2n) is 14.9. The van der Waals surface area contributed by atoms with Gasteiger partial charge in [-0.2, -0.15) is 0 Å². The molecule has 314 valence electrons. The molecule has 5 atom stereocenters. The van der Waals surface area contributed by atoms with Gasteiger partial charge in [0.15, 0.2) is 23.3 Å². The molecule has 0 saturated carbocycles. The fourth-order valence-corrected chi connectivity index (χ4v) is 6.41. The quantitative estimate of drug-likeness (QED) is 0.0166. The molecule has 1 aliphatic heterocycles. The van der Waals surface area contributed by atoms with Crippen molar-refractivity contribution in [3.05, 3.63) is 0 Å². The highest BCUT2D eigenvalue weighted by molar-refractivity contribution is 5.96. The van der Waals surface area contributed by atoms with Crippen LogP contribution in [0.15, 0.2) is 4.99 Å². The Hall–Kier alpha value is -4.45. The molecule has 0 aromatic carbocycles. The van der Waals surface area contributed by atoms with Crippen molar-refractivity contribution >= 4 is 52.8 Å². The molecule has 5 unspecified atom stereocenters. The number of rotatable bonds is 27. The summed E-state index contributed by atoms with van der Waals surface area (Å²) in [4.78, 5) is 109. The standard InChI is InChI=1S/C37H66N10O8.H2/c1-22(2)18-27(45-36(55)28-12-9-17-47(28)33(53)20-39)29(49)13-14-31(51)46-34(23(3)4)30(50)19-25(10-8-16-42-37(40)41)35(54)43-21-32(52)44-26(24(5)48)11-6-7-15-38;/h22-23,25-28,34H,6-21,38-39H2,1-5H3,(H,43,54)(H,44,52)(H,45,55)(H,46,51)(H4,40,41,42);1H/i14+1,31+1,46+1;. The molecule has 1 aliphatic rings. The number of likely N-dealkylation sites (tertiary alicyclic amines) is 1. The molecule has 0 spiro atoms. The number of hydrogen-bond donors (Lipinski definition) is 8. The smallest absolute Gasteiger partial charge is 0.243 e. The zero-order valence-electron chi connectivity index (χ0n) is 33.3. The number of amides is 5. The second kappa shape index (κ2) is 25.6. The van der Waals surface area contributed by atoms with Gasteiger partial charge in [0.25, 0.3) is 0 Å². The van der Waals surface area contributed by atoms with Crippen LogP contribution in [0.1, 0.15) is 107 Å². The van der Waals surface area contributed by atoms with E-state index in [2.05, 4.69) is 26.3 Å². The minimum absolute atomic E-state index is 0. The Bertz CT molecular complexity index is 1360. The first-order chi connectivity index (χ1) is 25.9. The van der Waals surface area contributed by atoms with E-state index < -0.39 is 66.0 Å². The first-order valence-corrected chi connectivity index (χ1v) is 19.4. The summed E-state index contributed by atoms with van der Waals surface area (Å²) in [6, 6.07) is -3.29. The van der Waals surface area contributed by atoms with Gasteiger partial charge < -0.3 is 49.1 Å². The fraction of sp³-hybridized carbons (Fsp3) is 0.757. The highest BCUT2D eigenvalue weighted by atomic mass is 16.3. The molecule has 0 bridgehead atoms. The topological polar surface area (TPSA) is 304 Å². The number of carbonyl (C=O) groups excluding carboxylic acids is 8. The van der Waals surface area contributed by atoms with E-state index in [0.29, 0.717) is 58.0 Å². The highest BCUT2D eigenvalue weighted by Gasteiger charge is 2.36. The zero-order valence-corrected chi connectivity index (χ0v) is 33.3. The first kappa shape index (κ1) is 48.6. The summed E-state index contributed by atoms with van der Waals surface area (Å²) in [5.74, 6) is -4.81. The van der Waals surface area contributed by atoms with Gasteiger partial charge in [-0.1, -0.05) is 27.7 Å². The predicted octanol–water partition coefficient (Wildman–Crippen LogP) is -0.849. The highest BCUT2D eigenvalue weighted by Crippen LogP contribution is 2.20. The summed E-state index contributed by atoms with van der Waals surface area (Å²) in [5.41, 5.74) is 21.9. The number of nitrogens with two attached hydrogens (primary N) is 4. The van der Waals surface area contributed by atoms with Crippen molar-refractivity contribution in [3.8, 4) is 0 Å². The van der Waals surface area contributed by atoms with E-state index in [1.807, 2.05) is 13.8 Å². The van der Waals surface area contributed by atoms with Gasteiger partial charge in [-0.05, 0) is 76.7 Å².